The minimum atomic E-state index is 0.469. The molecule has 2 N–H and O–H groups in total. The number of hydrogen-bond donors (Lipinski definition) is 1. The zero-order valence-corrected chi connectivity index (χ0v) is 10.6. The van der Waals surface area contributed by atoms with Crippen LogP contribution in [0.25, 0.3) is 0 Å². The van der Waals surface area contributed by atoms with Gasteiger partial charge in [0.05, 0.1) is 0 Å². The van der Waals surface area contributed by atoms with Gasteiger partial charge >= 0.3 is 0 Å². The maximum atomic E-state index is 5.98. The van der Waals surface area contributed by atoms with Crippen molar-refractivity contribution >= 4 is 0 Å². The van der Waals surface area contributed by atoms with Crippen molar-refractivity contribution in [2.24, 2.45) is 5.73 Å². The third-order valence-electron chi connectivity index (χ3n) is 4.23. The second kappa shape index (κ2) is 5.83. The van der Waals surface area contributed by atoms with E-state index in [0.717, 1.165) is 6.04 Å². The number of nitrogens with two attached hydrogens (primary N) is 1. The Kier molecular flexibility index (Phi) is 4.42. The molecule has 0 radical (unpaired) electrons. The molecule has 0 aromatic heterocycles. The molecule has 92 valence electrons. The lowest BCUT2D eigenvalue weighted by Crippen LogP contribution is -2.46. The predicted molar refractivity (Wildman–Crippen MR) is 69.4 cm³/mol. The van der Waals surface area contributed by atoms with E-state index >= 15 is 0 Å². The van der Waals surface area contributed by atoms with E-state index in [2.05, 4.69) is 24.0 Å². The maximum Gasteiger partial charge on any atom is 0.0281 e. The number of rotatable bonds is 3. The van der Waals surface area contributed by atoms with Crippen molar-refractivity contribution in [2.75, 3.05) is 6.54 Å². The third kappa shape index (κ3) is 2.86. The van der Waals surface area contributed by atoms with Crippen molar-refractivity contribution in [3.63, 3.8) is 0 Å². The summed E-state index contributed by atoms with van der Waals surface area (Å²) >= 11 is 0. The average Bonchev–Trinajstić information content (AvgIpc) is 2.34. The minimum Gasteiger partial charge on any atom is -0.328 e. The van der Waals surface area contributed by atoms with Gasteiger partial charge in [-0.1, -0.05) is 19.1 Å². The molecular formula is C14H26N2. The lowest BCUT2D eigenvalue weighted by Gasteiger charge is -2.40. The van der Waals surface area contributed by atoms with Crippen LogP contribution in [0.3, 0.4) is 0 Å². The fraction of sp³-hybridized carbons (Fsp3) is 0.857. The molecule has 1 unspecified atom stereocenters. The van der Waals surface area contributed by atoms with Crippen LogP contribution >= 0.6 is 0 Å². The first kappa shape index (κ1) is 12.1. The van der Waals surface area contributed by atoms with Crippen LogP contribution in [0, 0.1) is 0 Å². The zero-order chi connectivity index (χ0) is 11.4. The Balaban J connectivity index is 1.93. The standard InChI is InChI=1S/C14H26N2/c1-2-16(13-6-4-3-5-7-13)14-10-8-12(15)9-11-14/h4,6,12-14H,2-3,5,7-11,15H2,1H3. The molecule has 0 bridgehead atoms. The second-order valence-electron chi connectivity index (χ2n) is 5.33. The minimum absolute atomic E-state index is 0.469. The number of hydrogen-bond acceptors (Lipinski definition) is 2. The van der Waals surface area contributed by atoms with Gasteiger partial charge in [0, 0.05) is 18.1 Å². The summed E-state index contributed by atoms with van der Waals surface area (Å²) in [6.45, 7) is 3.49. The molecular weight excluding hydrogens is 196 g/mol. The third-order valence-corrected chi connectivity index (χ3v) is 4.23. The Labute approximate surface area is 99.9 Å². The van der Waals surface area contributed by atoms with Crippen molar-refractivity contribution in [3.05, 3.63) is 12.2 Å². The predicted octanol–water partition coefficient (Wildman–Crippen LogP) is 2.69. The molecule has 0 aliphatic heterocycles. The first-order valence-electron chi connectivity index (χ1n) is 6.99. The molecule has 2 heteroatoms. The van der Waals surface area contributed by atoms with Gasteiger partial charge in [-0.15, -0.1) is 0 Å². The summed E-state index contributed by atoms with van der Waals surface area (Å²) in [5.41, 5.74) is 5.98. The highest BCUT2D eigenvalue weighted by atomic mass is 15.2. The summed E-state index contributed by atoms with van der Waals surface area (Å²) in [5.74, 6) is 0. The molecule has 0 amide bonds. The summed E-state index contributed by atoms with van der Waals surface area (Å²) in [7, 11) is 0. The average molecular weight is 222 g/mol. The fourth-order valence-electron chi connectivity index (χ4n) is 3.27. The Morgan fingerprint density at radius 2 is 1.94 bits per heavy atom. The van der Waals surface area contributed by atoms with E-state index in [1.165, 1.54) is 51.5 Å². The molecule has 16 heavy (non-hydrogen) atoms. The van der Waals surface area contributed by atoms with Gasteiger partial charge in [0.15, 0.2) is 0 Å². The smallest absolute Gasteiger partial charge is 0.0281 e. The first-order chi connectivity index (χ1) is 7.81. The Morgan fingerprint density at radius 3 is 2.50 bits per heavy atom. The Bertz CT molecular complexity index is 229. The quantitative estimate of drug-likeness (QED) is 0.744. The topological polar surface area (TPSA) is 29.3 Å². The molecule has 2 aliphatic rings. The monoisotopic (exact) mass is 222 g/mol. The molecule has 0 aromatic carbocycles. The van der Waals surface area contributed by atoms with E-state index in [9.17, 15) is 0 Å². The van der Waals surface area contributed by atoms with Crippen LogP contribution in [0.2, 0.25) is 0 Å². The van der Waals surface area contributed by atoms with Crippen LogP contribution in [0.4, 0.5) is 0 Å². The van der Waals surface area contributed by atoms with Crippen molar-refractivity contribution in [2.45, 2.75) is 70.0 Å². The van der Waals surface area contributed by atoms with E-state index < -0.39 is 0 Å². The molecule has 1 atom stereocenters. The van der Waals surface area contributed by atoms with E-state index in [-0.39, 0.29) is 0 Å². The first-order valence-corrected chi connectivity index (χ1v) is 6.99. The van der Waals surface area contributed by atoms with Gasteiger partial charge in [0.2, 0.25) is 0 Å². The summed E-state index contributed by atoms with van der Waals surface area (Å²) in [6, 6.07) is 1.97. The molecule has 2 aliphatic carbocycles. The van der Waals surface area contributed by atoms with E-state index in [0.29, 0.717) is 12.1 Å². The number of likely N-dealkylation sites (N-methyl/N-ethyl adjacent to an activating group) is 1. The lowest BCUT2D eigenvalue weighted by atomic mass is 9.88. The Hall–Kier alpha value is -0.340. The van der Waals surface area contributed by atoms with Crippen molar-refractivity contribution in [1.82, 2.24) is 4.90 Å². The van der Waals surface area contributed by atoms with Gasteiger partial charge in [-0.3, -0.25) is 4.90 Å². The van der Waals surface area contributed by atoms with Crippen LogP contribution in [0.15, 0.2) is 12.2 Å². The maximum absolute atomic E-state index is 5.98. The molecule has 0 aromatic rings. The summed E-state index contributed by atoms with van der Waals surface area (Å²) in [5, 5.41) is 0. The van der Waals surface area contributed by atoms with Gasteiger partial charge in [0.1, 0.15) is 0 Å². The highest BCUT2D eigenvalue weighted by molar-refractivity contribution is 5.00. The highest BCUT2D eigenvalue weighted by Gasteiger charge is 2.27. The lowest BCUT2D eigenvalue weighted by molar-refractivity contribution is 0.119. The van der Waals surface area contributed by atoms with Gasteiger partial charge < -0.3 is 5.73 Å². The van der Waals surface area contributed by atoms with Crippen LogP contribution in [-0.4, -0.2) is 29.6 Å². The molecule has 1 fully saturated rings. The van der Waals surface area contributed by atoms with Crippen LogP contribution < -0.4 is 5.73 Å². The fourth-order valence-corrected chi connectivity index (χ4v) is 3.27. The second-order valence-corrected chi connectivity index (χ2v) is 5.33. The van der Waals surface area contributed by atoms with Gasteiger partial charge in [-0.2, -0.15) is 0 Å². The number of allylic oxidation sites excluding steroid dienone is 1. The largest absolute Gasteiger partial charge is 0.328 e. The molecule has 0 saturated heterocycles. The van der Waals surface area contributed by atoms with Gasteiger partial charge in [0.25, 0.3) is 0 Å². The van der Waals surface area contributed by atoms with Crippen molar-refractivity contribution in [3.8, 4) is 0 Å². The molecule has 2 nitrogen and oxygen atoms in total. The summed E-state index contributed by atoms with van der Waals surface area (Å²) in [4.78, 5) is 2.71. The normalized spacial score (nSPS) is 35.6. The molecule has 0 spiro atoms. The summed E-state index contributed by atoms with van der Waals surface area (Å²) in [6.07, 6.45) is 13.8. The SMILES string of the molecule is CCN(C1C=CCCC1)C1CCC(N)CC1. The van der Waals surface area contributed by atoms with Crippen LogP contribution in [-0.2, 0) is 0 Å². The molecule has 2 rings (SSSR count). The van der Waals surface area contributed by atoms with E-state index in [4.69, 9.17) is 5.73 Å². The highest BCUT2D eigenvalue weighted by Crippen LogP contribution is 2.26. The van der Waals surface area contributed by atoms with Gasteiger partial charge in [-0.25, -0.2) is 0 Å². The van der Waals surface area contributed by atoms with E-state index in [1.807, 2.05) is 0 Å². The summed E-state index contributed by atoms with van der Waals surface area (Å²) < 4.78 is 0. The molecule has 1 saturated carbocycles. The Morgan fingerprint density at radius 1 is 1.19 bits per heavy atom. The zero-order valence-electron chi connectivity index (χ0n) is 10.6. The van der Waals surface area contributed by atoms with E-state index in [1.54, 1.807) is 0 Å². The van der Waals surface area contributed by atoms with Gasteiger partial charge in [-0.05, 0) is 51.5 Å². The number of nitrogens with zero attached hydrogens (tertiary/aromatic N) is 1. The van der Waals surface area contributed by atoms with Crippen molar-refractivity contribution < 1.29 is 0 Å². The molecule has 0 heterocycles. The van der Waals surface area contributed by atoms with Crippen LogP contribution in [0.5, 0.6) is 0 Å². The van der Waals surface area contributed by atoms with Crippen LogP contribution in [0.1, 0.15) is 51.9 Å². The van der Waals surface area contributed by atoms with Crippen molar-refractivity contribution in [1.29, 1.82) is 0 Å².